The molecule has 0 atom stereocenters. The van der Waals surface area contributed by atoms with Gasteiger partial charge in [-0.3, -0.25) is 14.5 Å². The van der Waals surface area contributed by atoms with Crippen molar-refractivity contribution in [3.8, 4) is 5.88 Å². The lowest BCUT2D eigenvalue weighted by molar-refractivity contribution is 0.0652. The SMILES string of the molecule is COc1ccc(CCCN2C(=O)c3ccccc3C2=O)cn1. The van der Waals surface area contributed by atoms with Gasteiger partial charge in [0.25, 0.3) is 11.8 Å². The van der Waals surface area contributed by atoms with Crippen molar-refractivity contribution in [3.63, 3.8) is 0 Å². The van der Waals surface area contributed by atoms with Gasteiger partial charge in [0.15, 0.2) is 0 Å². The summed E-state index contributed by atoms with van der Waals surface area (Å²) in [5.74, 6) is 0.172. The molecule has 0 spiro atoms. The highest BCUT2D eigenvalue weighted by Gasteiger charge is 2.34. The zero-order chi connectivity index (χ0) is 15.5. The fraction of sp³-hybridized carbons (Fsp3) is 0.235. The van der Waals surface area contributed by atoms with Crippen LogP contribution in [0.5, 0.6) is 5.88 Å². The number of benzene rings is 1. The van der Waals surface area contributed by atoms with E-state index in [2.05, 4.69) is 4.98 Å². The van der Waals surface area contributed by atoms with E-state index in [0.29, 0.717) is 30.0 Å². The van der Waals surface area contributed by atoms with Gasteiger partial charge in [-0.1, -0.05) is 18.2 Å². The number of carbonyl (C=O) groups is 2. The normalized spacial score (nSPS) is 13.4. The van der Waals surface area contributed by atoms with Crippen LogP contribution in [0.25, 0.3) is 0 Å². The summed E-state index contributed by atoms with van der Waals surface area (Å²) in [6.07, 6.45) is 3.21. The van der Waals surface area contributed by atoms with E-state index in [9.17, 15) is 9.59 Å². The molecule has 0 unspecified atom stereocenters. The Morgan fingerprint density at radius 3 is 2.27 bits per heavy atom. The van der Waals surface area contributed by atoms with E-state index < -0.39 is 0 Å². The van der Waals surface area contributed by atoms with Gasteiger partial charge in [0.1, 0.15) is 0 Å². The topological polar surface area (TPSA) is 59.5 Å². The molecular formula is C17H16N2O3. The first-order valence-corrected chi connectivity index (χ1v) is 7.15. The zero-order valence-electron chi connectivity index (χ0n) is 12.3. The van der Waals surface area contributed by atoms with Crippen molar-refractivity contribution in [2.75, 3.05) is 13.7 Å². The molecular weight excluding hydrogens is 280 g/mol. The molecule has 0 saturated heterocycles. The Morgan fingerprint density at radius 1 is 1.05 bits per heavy atom. The van der Waals surface area contributed by atoms with Crippen LogP contribution in [0.4, 0.5) is 0 Å². The summed E-state index contributed by atoms with van der Waals surface area (Å²) in [5, 5.41) is 0. The van der Waals surface area contributed by atoms with Crippen molar-refractivity contribution in [2.45, 2.75) is 12.8 Å². The van der Waals surface area contributed by atoms with E-state index >= 15 is 0 Å². The van der Waals surface area contributed by atoms with Crippen molar-refractivity contribution < 1.29 is 14.3 Å². The van der Waals surface area contributed by atoms with Gasteiger partial charge in [-0.05, 0) is 30.5 Å². The van der Waals surface area contributed by atoms with Crippen LogP contribution in [-0.2, 0) is 6.42 Å². The lowest BCUT2D eigenvalue weighted by Gasteiger charge is -2.13. The average molecular weight is 296 g/mol. The van der Waals surface area contributed by atoms with E-state index in [1.807, 2.05) is 6.07 Å². The number of rotatable bonds is 5. The molecule has 1 aromatic heterocycles. The van der Waals surface area contributed by atoms with Crippen LogP contribution in [0, 0.1) is 0 Å². The van der Waals surface area contributed by atoms with E-state index in [-0.39, 0.29) is 11.8 Å². The number of ether oxygens (including phenoxy) is 1. The van der Waals surface area contributed by atoms with Crippen LogP contribution in [0.2, 0.25) is 0 Å². The van der Waals surface area contributed by atoms with Crippen molar-refractivity contribution in [1.82, 2.24) is 9.88 Å². The quantitative estimate of drug-likeness (QED) is 0.794. The molecule has 2 aromatic rings. The van der Waals surface area contributed by atoms with Gasteiger partial charge >= 0.3 is 0 Å². The summed E-state index contributed by atoms with van der Waals surface area (Å²) >= 11 is 0. The molecule has 1 aromatic carbocycles. The van der Waals surface area contributed by atoms with Gasteiger partial charge in [-0.2, -0.15) is 0 Å². The highest BCUT2D eigenvalue weighted by molar-refractivity contribution is 6.21. The largest absolute Gasteiger partial charge is 0.481 e. The summed E-state index contributed by atoms with van der Waals surface area (Å²) in [7, 11) is 1.57. The Labute approximate surface area is 128 Å². The Morgan fingerprint density at radius 2 is 1.73 bits per heavy atom. The fourth-order valence-electron chi connectivity index (χ4n) is 2.56. The molecule has 0 aliphatic carbocycles. The second-order valence-corrected chi connectivity index (χ2v) is 5.12. The van der Waals surface area contributed by atoms with E-state index in [1.54, 1.807) is 43.6 Å². The van der Waals surface area contributed by atoms with Crippen LogP contribution < -0.4 is 4.74 Å². The first-order chi connectivity index (χ1) is 10.7. The Kier molecular flexibility index (Phi) is 3.87. The molecule has 0 N–H and O–H groups in total. The molecule has 0 bridgehead atoms. The highest BCUT2D eigenvalue weighted by atomic mass is 16.5. The molecule has 1 aliphatic heterocycles. The van der Waals surface area contributed by atoms with Crippen molar-refractivity contribution in [3.05, 3.63) is 59.3 Å². The minimum absolute atomic E-state index is 0.201. The van der Waals surface area contributed by atoms with Crippen molar-refractivity contribution in [2.24, 2.45) is 0 Å². The zero-order valence-corrected chi connectivity index (χ0v) is 12.3. The van der Waals surface area contributed by atoms with Crippen LogP contribution in [0.3, 0.4) is 0 Å². The molecule has 5 heteroatoms. The summed E-state index contributed by atoms with van der Waals surface area (Å²) < 4.78 is 5.01. The number of hydrogen-bond acceptors (Lipinski definition) is 4. The van der Waals surface area contributed by atoms with E-state index in [0.717, 1.165) is 12.0 Å². The van der Waals surface area contributed by atoms with Gasteiger partial charge in [-0.15, -0.1) is 0 Å². The number of methoxy groups -OCH3 is 1. The number of imide groups is 1. The lowest BCUT2D eigenvalue weighted by atomic mass is 10.1. The number of nitrogens with zero attached hydrogens (tertiary/aromatic N) is 2. The number of amides is 2. The summed E-state index contributed by atoms with van der Waals surface area (Å²) in [6, 6.07) is 10.7. The second kappa shape index (κ2) is 5.97. The average Bonchev–Trinajstić information content (AvgIpc) is 2.81. The van der Waals surface area contributed by atoms with Crippen LogP contribution >= 0.6 is 0 Å². The summed E-state index contributed by atoms with van der Waals surface area (Å²) in [5.41, 5.74) is 2.05. The third-order valence-corrected chi connectivity index (χ3v) is 3.73. The molecule has 0 radical (unpaired) electrons. The smallest absolute Gasteiger partial charge is 0.261 e. The molecule has 0 fully saturated rings. The number of carbonyl (C=O) groups excluding carboxylic acids is 2. The Balaban J connectivity index is 1.60. The predicted molar refractivity (Wildman–Crippen MR) is 80.9 cm³/mol. The van der Waals surface area contributed by atoms with Crippen LogP contribution in [-0.4, -0.2) is 35.4 Å². The summed E-state index contributed by atoms with van der Waals surface area (Å²) in [4.78, 5) is 29.9. The molecule has 1 aliphatic rings. The monoisotopic (exact) mass is 296 g/mol. The van der Waals surface area contributed by atoms with Gasteiger partial charge in [0.2, 0.25) is 5.88 Å². The minimum atomic E-state index is -0.201. The maximum atomic E-state index is 12.2. The Bertz CT molecular complexity index is 675. The molecule has 2 amide bonds. The van der Waals surface area contributed by atoms with Gasteiger partial charge < -0.3 is 4.74 Å². The Hall–Kier alpha value is -2.69. The highest BCUT2D eigenvalue weighted by Crippen LogP contribution is 2.22. The molecule has 3 rings (SSSR count). The maximum Gasteiger partial charge on any atom is 0.261 e. The molecule has 112 valence electrons. The van der Waals surface area contributed by atoms with E-state index in [4.69, 9.17) is 4.74 Å². The third kappa shape index (κ3) is 2.57. The minimum Gasteiger partial charge on any atom is -0.481 e. The summed E-state index contributed by atoms with van der Waals surface area (Å²) in [6.45, 7) is 0.415. The number of aromatic nitrogens is 1. The van der Waals surface area contributed by atoms with E-state index in [1.165, 1.54) is 4.90 Å². The van der Waals surface area contributed by atoms with Gasteiger partial charge in [0.05, 0.1) is 18.2 Å². The number of hydrogen-bond donors (Lipinski definition) is 0. The van der Waals surface area contributed by atoms with Crippen molar-refractivity contribution >= 4 is 11.8 Å². The van der Waals surface area contributed by atoms with Gasteiger partial charge in [-0.25, -0.2) is 4.98 Å². The third-order valence-electron chi connectivity index (χ3n) is 3.73. The first kappa shape index (κ1) is 14.3. The lowest BCUT2D eigenvalue weighted by Crippen LogP contribution is -2.30. The number of fused-ring (bicyclic) bond motifs is 1. The van der Waals surface area contributed by atoms with Crippen molar-refractivity contribution in [1.29, 1.82) is 0 Å². The van der Waals surface area contributed by atoms with Gasteiger partial charge in [0, 0.05) is 18.8 Å². The second-order valence-electron chi connectivity index (χ2n) is 5.12. The molecule has 5 nitrogen and oxygen atoms in total. The molecule has 22 heavy (non-hydrogen) atoms. The maximum absolute atomic E-state index is 12.2. The van der Waals surface area contributed by atoms with Crippen LogP contribution in [0.1, 0.15) is 32.7 Å². The van der Waals surface area contributed by atoms with Crippen LogP contribution in [0.15, 0.2) is 42.6 Å². The standard InChI is InChI=1S/C17H16N2O3/c1-22-15-9-8-12(11-18-15)5-4-10-19-16(20)13-6-2-3-7-14(13)17(19)21/h2-3,6-9,11H,4-5,10H2,1H3. The molecule has 2 heterocycles. The fourth-order valence-corrected chi connectivity index (χ4v) is 2.56. The number of pyridine rings is 1. The first-order valence-electron chi connectivity index (χ1n) is 7.15. The number of aryl methyl sites for hydroxylation is 1. The predicted octanol–water partition coefficient (Wildman–Crippen LogP) is 2.32. The molecule has 0 saturated carbocycles.